The Bertz CT molecular complexity index is 3290. The van der Waals surface area contributed by atoms with Gasteiger partial charge in [-0.1, -0.05) is 41.9 Å². The molecule has 6 atom stereocenters. The Morgan fingerprint density at radius 1 is 0.850 bits per heavy atom. The zero-order chi connectivity index (χ0) is 56.1. The lowest BCUT2D eigenvalue weighted by atomic mass is 9.79. The van der Waals surface area contributed by atoms with E-state index in [0.717, 1.165) is 52.0 Å². The van der Waals surface area contributed by atoms with Gasteiger partial charge in [-0.3, -0.25) is 9.80 Å². The van der Waals surface area contributed by atoms with Crippen LogP contribution in [0.4, 0.5) is 4.39 Å². The molecule has 0 radical (unpaired) electrons. The Morgan fingerprint density at radius 2 is 1.59 bits per heavy atom. The highest BCUT2D eigenvalue weighted by molar-refractivity contribution is 7.22. The summed E-state index contributed by atoms with van der Waals surface area (Å²) in [5.41, 5.74) is 3.87. The van der Waals surface area contributed by atoms with E-state index in [4.69, 9.17) is 59.2 Å². The molecule has 0 spiro atoms. The van der Waals surface area contributed by atoms with E-state index in [1.165, 1.54) is 41.9 Å². The number of aliphatic carboxylic acids is 1. The molecule has 3 aromatic heterocycles. The third kappa shape index (κ3) is 12.0. The number of hydrogen-bond acceptors (Lipinski definition) is 18. The molecule has 422 valence electrons. The molecule has 2 saturated heterocycles. The number of ether oxygens (including phenoxy) is 9. The zero-order valence-electron chi connectivity index (χ0n) is 45.3. The van der Waals surface area contributed by atoms with Crippen LogP contribution in [-0.2, 0) is 41.5 Å². The molecule has 0 amide bonds. The molecule has 5 heterocycles. The monoisotopic (exact) mass is 1130 g/mol. The Labute approximate surface area is 472 Å². The number of halogens is 2. The Hall–Kier alpha value is -6.59. The lowest BCUT2D eigenvalue weighted by Gasteiger charge is -2.48. The number of carboxylic acid groups (broad SMARTS) is 1. The Balaban J connectivity index is 0.884. The van der Waals surface area contributed by atoms with E-state index in [1.54, 1.807) is 66.0 Å². The third-order valence-electron chi connectivity index (χ3n) is 15.2. The van der Waals surface area contributed by atoms with Gasteiger partial charge in [0.05, 0.1) is 28.8 Å². The topological polar surface area (TPSA) is 199 Å². The number of methoxy groups -OCH3 is 5. The van der Waals surface area contributed by atoms with Crippen LogP contribution < -0.4 is 18.9 Å². The summed E-state index contributed by atoms with van der Waals surface area (Å²) in [5, 5.41) is 22.3. The maximum atomic E-state index is 14.5. The first-order valence-corrected chi connectivity index (χ1v) is 27.5. The smallest absolute Gasteiger partial charge is 0.345 e. The fourth-order valence-corrected chi connectivity index (χ4v) is 12.3. The van der Waals surface area contributed by atoms with E-state index in [2.05, 4.69) is 24.8 Å². The molecule has 18 nitrogen and oxygen atoms in total. The maximum absolute atomic E-state index is 14.5. The van der Waals surface area contributed by atoms with Crippen molar-refractivity contribution in [3.05, 3.63) is 125 Å². The number of thiophene rings is 1. The summed E-state index contributed by atoms with van der Waals surface area (Å²) >= 11 is 8.72. The second kappa shape index (κ2) is 25.0. The lowest BCUT2D eigenvalue weighted by Crippen LogP contribution is -2.63. The maximum Gasteiger partial charge on any atom is 0.345 e. The molecule has 3 aliphatic rings. The van der Waals surface area contributed by atoms with Gasteiger partial charge in [0.15, 0.2) is 12.1 Å². The minimum absolute atomic E-state index is 0.000800. The van der Waals surface area contributed by atoms with Crippen LogP contribution in [0.25, 0.3) is 43.2 Å². The van der Waals surface area contributed by atoms with Crippen LogP contribution in [0, 0.1) is 12.7 Å². The van der Waals surface area contributed by atoms with E-state index in [-0.39, 0.29) is 43.0 Å². The van der Waals surface area contributed by atoms with Gasteiger partial charge in [0.25, 0.3) is 0 Å². The van der Waals surface area contributed by atoms with Gasteiger partial charge in [-0.15, -0.1) is 11.3 Å². The largest absolute Gasteiger partial charge is 0.508 e. The number of piperazine rings is 1. The molecule has 1 saturated carbocycles. The third-order valence-corrected chi connectivity index (χ3v) is 16.9. The zero-order valence-corrected chi connectivity index (χ0v) is 46.9. The Kier molecular flexibility index (Phi) is 17.7. The number of aromatic nitrogens is 4. The molecule has 2 N–H and O–H groups in total. The van der Waals surface area contributed by atoms with Crippen molar-refractivity contribution in [3.63, 3.8) is 0 Å². The van der Waals surface area contributed by atoms with Crippen LogP contribution in [0.3, 0.4) is 0 Å². The first-order valence-electron chi connectivity index (χ1n) is 26.4. The van der Waals surface area contributed by atoms with E-state index >= 15 is 0 Å². The molecule has 1 unspecified atom stereocenters. The molecule has 10 rings (SSSR count). The summed E-state index contributed by atoms with van der Waals surface area (Å²) in [6.07, 6.45) is 1.91. The van der Waals surface area contributed by atoms with Crippen molar-refractivity contribution in [1.29, 1.82) is 0 Å². The van der Waals surface area contributed by atoms with Crippen molar-refractivity contribution in [2.75, 3.05) is 74.8 Å². The summed E-state index contributed by atoms with van der Waals surface area (Å²) in [4.78, 5) is 37.6. The van der Waals surface area contributed by atoms with Crippen LogP contribution in [0.5, 0.6) is 28.9 Å². The van der Waals surface area contributed by atoms with E-state index < -0.39 is 35.9 Å². The normalized spacial score (nSPS) is 20.7. The number of phenolic OH excluding ortho intramolecular Hbond substituents is 1. The van der Waals surface area contributed by atoms with Crippen LogP contribution in [0.15, 0.2) is 97.5 Å². The van der Waals surface area contributed by atoms with Crippen LogP contribution in [-0.4, -0.2) is 163 Å². The van der Waals surface area contributed by atoms with E-state index in [0.29, 0.717) is 88.8 Å². The van der Waals surface area contributed by atoms with Crippen molar-refractivity contribution < 1.29 is 62.0 Å². The predicted molar refractivity (Wildman–Crippen MR) is 298 cm³/mol. The average molecular weight is 1140 g/mol. The number of fused-ring (bicyclic) bond motifs is 1. The predicted octanol–water partition coefficient (Wildman–Crippen LogP) is 9.29. The molecule has 1 aliphatic carbocycles. The van der Waals surface area contributed by atoms with Crippen LogP contribution >= 0.6 is 22.9 Å². The summed E-state index contributed by atoms with van der Waals surface area (Å²) in [5.74, 6) is 0.114. The molecular formula is C59H64ClFN6O12S. The highest BCUT2D eigenvalue weighted by Gasteiger charge is 2.48. The molecule has 2 aliphatic heterocycles. The average Bonchev–Trinajstić information content (AvgIpc) is 3.95. The van der Waals surface area contributed by atoms with Gasteiger partial charge in [0.1, 0.15) is 76.6 Å². The minimum Gasteiger partial charge on any atom is -0.508 e. The van der Waals surface area contributed by atoms with Gasteiger partial charge in [0, 0.05) is 96.3 Å². The van der Waals surface area contributed by atoms with Crippen LogP contribution in [0.2, 0.25) is 5.02 Å². The van der Waals surface area contributed by atoms with Gasteiger partial charge < -0.3 is 52.8 Å². The molecule has 21 heteroatoms. The number of benzene rings is 4. The highest BCUT2D eigenvalue weighted by Crippen LogP contribution is 2.51. The number of para-hydroxylation sites is 1. The van der Waals surface area contributed by atoms with E-state index in [9.17, 15) is 19.4 Å². The highest BCUT2D eigenvalue weighted by atomic mass is 35.5. The number of carbonyl (C=O) groups is 1. The molecule has 7 aromatic rings. The van der Waals surface area contributed by atoms with Crippen molar-refractivity contribution in [2.24, 2.45) is 0 Å². The number of hydrogen-bond donors (Lipinski definition) is 2. The van der Waals surface area contributed by atoms with Crippen molar-refractivity contribution in [1.82, 2.24) is 29.7 Å². The summed E-state index contributed by atoms with van der Waals surface area (Å²) in [7, 11) is 8.11. The first kappa shape index (κ1) is 56.7. The number of rotatable bonds is 22. The number of nitrogens with zero attached hydrogens (tertiary/aromatic N) is 6. The van der Waals surface area contributed by atoms with Gasteiger partial charge in [-0.05, 0) is 97.5 Å². The van der Waals surface area contributed by atoms with Crippen LogP contribution in [0.1, 0.15) is 36.1 Å². The number of carboxylic acids is 1. The second-order valence-electron chi connectivity index (χ2n) is 20.1. The lowest BCUT2D eigenvalue weighted by molar-refractivity contribution is -0.304. The fourth-order valence-electron chi connectivity index (χ4n) is 10.9. The quantitative estimate of drug-likeness (QED) is 0.0650. The SMILES string of the molecule is COc1ccccc1-c1nccc(COc2ccc(O)cc2C[C@@H](Oc2ncnc3sc(-c4ccc(F)cc4)c(-c4ccc(OC5(CN6CCN(CC7O[C@H](OC)[C@@H](OC)[C@@H](OC)[C@@H]7OC)CC6)CCC5)c(Cl)c4C)c23)C(=O)O)n1. The second-order valence-corrected chi connectivity index (χ2v) is 21.5. The first-order chi connectivity index (χ1) is 38.8. The molecule has 80 heavy (non-hydrogen) atoms. The van der Waals surface area contributed by atoms with Gasteiger partial charge in [0.2, 0.25) is 12.0 Å². The van der Waals surface area contributed by atoms with Crippen molar-refractivity contribution in [3.8, 4) is 61.8 Å². The van der Waals surface area contributed by atoms with Crippen molar-refractivity contribution in [2.45, 2.75) is 81.6 Å². The van der Waals surface area contributed by atoms with E-state index in [1.807, 2.05) is 43.3 Å². The standard InChI is InChI=1S/C59H64ClFN6O12S/c1-34-40(17-19-44(49(34)60)79-59(21-9-22-59)32-67-26-24-66(25-27-67)30-46-50(72-3)51(73-4)52(74-5)58(75-6)78-46)47-48-55(63-33-64-56(48)80-53(47)35-12-14-37(61)15-13-35)77-45(57(69)70)29-36-28-39(68)16-18-42(36)76-31-38-20-23-62-54(65-38)41-10-7-8-11-43(41)71-2/h7-8,10-20,23,28,33,45-46,50-52,58,68H,9,21-22,24-27,29-32H2,1-6H3,(H,69,70)/t45-,46?,50-,51+,52+,58+/m1/s1. The summed E-state index contributed by atoms with van der Waals surface area (Å²) < 4.78 is 69.1. The minimum atomic E-state index is -1.52. The molecular weight excluding hydrogens is 1070 g/mol. The Morgan fingerprint density at radius 3 is 2.29 bits per heavy atom. The molecule has 4 aromatic carbocycles. The van der Waals surface area contributed by atoms with Crippen molar-refractivity contribution >= 4 is 39.1 Å². The van der Waals surface area contributed by atoms with Gasteiger partial charge in [-0.2, -0.15) is 0 Å². The van der Waals surface area contributed by atoms with Gasteiger partial charge >= 0.3 is 5.97 Å². The molecule has 3 fully saturated rings. The number of phenols is 1. The molecule has 0 bridgehead atoms. The van der Waals surface area contributed by atoms with Gasteiger partial charge in [-0.25, -0.2) is 29.1 Å². The number of aromatic hydroxyl groups is 1. The summed E-state index contributed by atoms with van der Waals surface area (Å²) in [6.45, 7) is 6.57. The fraction of sp³-hybridized carbons (Fsp3) is 0.407. The summed E-state index contributed by atoms with van der Waals surface area (Å²) in [6, 6.07) is 23.5.